The van der Waals surface area contributed by atoms with Crippen LogP contribution in [0.4, 0.5) is 0 Å². The van der Waals surface area contributed by atoms with Crippen LogP contribution in [0, 0.1) is 0 Å². The summed E-state index contributed by atoms with van der Waals surface area (Å²) in [6.45, 7) is 8.12. The van der Waals surface area contributed by atoms with E-state index in [0.29, 0.717) is 5.56 Å². The number of hydrogen-bond donors (Lipinski definition) is 0. The maximum absolute atomic E-state index is 11.8. The van der Waals surface area contributed by atoms with Crippen LogP contribution in [0.25, 0.3) is 6.08 Å². The van der Waals surface area contributed by atoms with E-state index >= 15 is 0 Å². The predicted molar refractivity (Wildman–Crippen MR) is 89.6 cm³/mol. The summed E-state index contributed by atoms with van der Waals surface area (Å²) in [4.78, 5) is 13.4. The molecule has 0 atom stereocenters. The third kappa shape index (κ3) is 3.42. The van der Waals surface area contributed by atoms with Gasteiger partial charge in [0.15, 0.2) is 0 Å². The minimum Gasteiger partial charge on any atom is -0.400 e. The van der Waals surface area contributed by atoms with Crippen LogP contribution in [0.2, 0.25) is 0 Å². The van der Waals surface area contributed by atoms with Gasteiger partial charge in [0.1, 0.15) is 0 Å². The van der Waals surface area contributed by atoms with Gasteiger partial charge in [-0.3, -0.25) is 4.79 Å². The maximum Gasteiger partial charge on any atom is 0.487 e. The summed E-state index contributed by atoms with van der Waals surface area (Å²) in [6, 6.07) is 7.48. The van der Waals surface area contributed by atoms with Crippen molar-refractivity contribution in [3.05, 3.63) is 41.4 Å². The molecule has 5 heteroatoms. The Kier molecular flexibility index (Phi) is 4.50. The zero-order valence-corrected chi connectivity index (χ0v) is 14.2. The van der Waals surface area contributed by atoms with Crippen LogP contribution < -0.4 is 0 Å². The first-order valence-corrected chi connectivity index (χ1v) is 7.48. The largest absolute Gasteiger partial charge is 0.487 e. The molecule has 1 aromatic carbocycles. The fraction of sp³-hybridized carbons (Fsp3) is 0.471. The molecule has 118 valence electrons. The van der Waals surface area contributed by atoms with Crippen LogP contribution in [0.3, 0.4) is 0 Å². The zero-order valence-electron chi connectivity index (χ0n) is 14.2. The normalized spacial score (nSPS) is 19.6. The van der Waals surface area contributed by atoms with E-state index in [-0.39, 0.29) is 24.2 Å². The fourth-order valence-corrected chi connectivity index (χ4v) is 2.15. The molecule has 0 radical (unpaired) electrons. The van der Waals surface area contributed by atoms with Crippen LogP contribution in [-0.2, 0) is 9.31 Å². The van der Waals surface area contributed by atoms with Crippen molar-refractivity contribution in [3.63, 3.8) is 0 Å². The van der Waals surface area contributed by atoms with E-state index in [1.165, 1.54) is 0 Å². The van der Waals surface area contributed by atoms with Crippen molar-refractivity contribution in [2.75, 3.05) is 14.1 Å². The first-order chi connectivity index (χ1) is 10.1. The molecular weight excluding hydrogens is 277 g/mol. The van der Waals surface area contributed by atoms with Crippen LogP contribution in [-0.4, -0.2) is 43.2 Å². The molecule has 0 spiro atoms. The van der Waals surface area contributed by atoms with Gasteiger partial charge in [0.25, 0.3) is 5.91 Å². The number of benzene rings is 1. The van der Waals surface area contributed by atoms with Gasteiger partial charge in [-0.25, -0.2) is 0 Å². The summed E-state index contributed by atoms with van der Waals surface area (Å²) in [5, 5.41) is 0. The minimum absolute atomic E-state index is 0.00138. The second-order valence-corrected chi connectivity index (χ2v) is 6.81. The molecule has 0 saturated carbocycles. The van der Waals surface area contributed by atoms with Crippen molar-refractivity contribution in [1.29, 1.82) is 0 Å². The van der Waals surface area contributed by atoms with Gasteiger partial charge in [0.2, 0.25) is 0 Å². The van der Waals surface area contributed by atoms with Crippen LogP contribution in [0.1, 0.15) is 43.6 Å². The Hall–Kier alpha value is -1.59. The van der Waals surface area contributed by atoms with Crippen molar-refractivity contribution in [2.24, 2.45) is 0 Å². The molecule has 1 saturated heterocycles. The molecule has 1 aliphatic heterocycles. The highest BCUT2D eigenvalue weighted by atomic mass is 16.7. The highest BCUT2D eigenvalue weighted by Crippen LogP contribution is 2.37. The number of carbonyl (C=O) groups excluding carboxylic acids is 1. The molecule has 1 aliphatic rings. The Morgan fingerprint density at radius 1 is 1.05 bits per heavy atom. The minimum atomic E-state index is -0.354. The Morgan fingerprint density at radius 2 is 1.55 bits per heavy atom. The third-order valence-electron chi connectivity index (χ3n) is 4.28. The van der Waals surface area contributed by atoms with Gasteiger partial charge in [0.05, 0.1) is 11.2 Å². The number of hydrogen-bond acceptors (Lipinski definition) is 3. The Balaban J connectivity index is 2.05. The van der Waals surface area contributed by atoms with Crippen molar-refractivity contribution in [1.82, 2.24) is 4.90 Å². The highest BCUT2D eigenvalue weighted by molar-refractivity contribution is 6.52. The zero-order chi connectivity index (χ0) is 16.5. The third-order valence-corrected chi connectivity index (χ3v) is 4.28. The predicted octanol–water partition coefficient (Wildman–Crippen LogP) is 3.03. The van der Waals surface area contributed by atoms with Crippen molar-refractivity contribution >= 4 is 19.1 Å². The van der Waals surface area contributed by atoms with Gasteiger partial charge in [-0.05, 0) is 45.4 Å². The lowest BCUT2D eigenvalue weighted by Gasteiger charge is -2.32. The van der Waals surface area contributed by atoms with Gasteiger partial charge in [-0.15, -0.1) is 0 Å². The van der Waals surface area contributed by atoms with Crippen LogP contribution in [0.15, 0.2) is 30.2 Å². The van der Waals surface area contributed by atoms with E-state index in [1.54, 1.807) is 19.0 Å². The number of rotatable bonds is 3. The summed E-state index contributed by atoms with van der Waals surface area (Å²) in [7, 11) is 3.14. The van der Waals surface area contributed by atoms with Crippen LogP contribution in [0.5, 0.6) is 0 Å². The molecule has 0 N–H and O–H groups in total. The molecular formula is C17H24BNO3. The molecule has 1 amide bonds. The molecule has 0 bridgehead atoms. The van der Waals surface area contributed by atoms with Gasteiger partial charge in [-0.2, -0.15) is 0 Å². The molecule has 0 aromatic heterocycles. The van der Waals surface area contributed by atoms with E-state index in [9.17, 15) is 4.79 Å². The summed E-state index contributed by atoms with van der Waals surface area (Å²) < 4.78 is 11.8. The molecule has 22 heavy (non-hydrogen) atoms. The summed E-state index contributed by atoms with van der Waals surface area (Å²) >= 11 is 0. The van der Waals surface area contributed by atoms with E-state index in [0.717, 1.165) is 5.56 Å². The molecule has 0 aliphatic carbocycles. The topological polar surface area (TPSA) is 38.8 Å². The maximum atomic E-state index is 11.8. The lowest BCUT2D eigenvalue weighted by atomic mass is 9.89. The Morgan fingerprint density at radius 3 is 2.00 bits per heavy atom. The SMILES string of the molecule is CN(C)C(=O)c1ccc(/C=C/B2OC(C)(C)C(C)(C)O2)cc1. The Labute approximate surface area is 133 Å². The molecule has 1 fully saturated rings. The van der Waals surface area contributed by atoms with E-state index in [4.69, 9.17) is 9.31 Å². The average Bonchev–Trinajstić information content (AvgIpc) is 2.64. The lowest BCUT2D eigenvalue weighted by molar-refractivity contribution is 0.00578. The fourth-order valence-electron chi connectivity index (χ4n) is 2.15. The molecule has 4 nitrogen and oxygen atoms in total. The van der Waals surface area contributed by atoms with Gasteiger partial charge in [-0.1, -0.05) is 24.2 Å². The van der Waals surface area contributed by atoms with E-state index in [2.05, 4.69) is 0 Å². The second kappa shape index (κ2) is 5.90. The first kappa shape index (κ1) is 16.8. The second-order valence-electron chi connectivity index (χ2n) is 6.81. The van der Waals surface area contributed by atoms with Gasteiger partial charge < -0.3 is 14.2 Å². The Bertz CT molecular complexity index is 560. The molecule has 1 aromatic rings. The van der Waals surface area contributed by atoms with E-state index < -0.39 is 0 Å². The highest BCUT2D eigenvalue weighted by Gasteiger charge is 2.49. The van der Waals surface area contributed by atoms with Crippen LogP contribution >= 0.6 is 0 Å². The lowest BCUT2D eigenvalue weighted by Crippen LogP contribution is -2.41. The van der Waals surface area contributed by atoms with E-state index in [1.807, 2.05) is 64.0 Å². The standard InChI is InChI=1S/C17H24BNO3/c1-16(2)17(3,4)22-18(21-16)12-11-13-7-9-14(10-8-13)15(20)19(5)6/h7-12H,1-6H3/b12-11+. The smallest absolute Gasteiger partial charge is 0.400 e. The van der Waals surface area contributed by atoms with Crippen molar-refractivity contribution in [2.45, 2.75) is 38.9 Å². The van der Waals surface area contributed by atoms with Crippen molar-refractivity contribution < 1.29 is 14.1 Å². The summed E-state index contributed by atoms with van der Waals surface area (Å²) in [5.41, 5.74) is 1.02. The first-order valence-electron chi connectivity index (χ1n) is 7.48. The van der Waals surface area contributed by atoms with Crippen molar-refractivity contribution in [3.8, 4) is 0 Å². The summed E-state index contributed by atoms with van der Waals surface area (Å²) in [6.07, 6.45) is 1.95. The molecule has 0 unspecified atom stereocenters. The molecule has 1 heterocycles. The van der Waals surface area contributed by atoms with Gasteiger partial charge >= 0.3 is 7.12 Å². The summed E-state index contributed by atoms with van der Waals surface area (Å²) in [5.74, 6) is 1.90. The monoisotopic (exact) mass is 301 g/mol. The number of carbonyl (C=O) groups is 1. The van der Waals surface area contributed by atoms with Gasteiger partial charge in [0, 0.05) is 19.7 Å². The number of nitrogens with zero attached hydrogens (tertiary/aromatic N) is 1. The number of amides is 1. The average molecular weight is 301 g/mol. The quantitative estimate of drug-likeness (QED) is 0.806. The molecule has 2 rings (SSSR count).